The molecule has 112 valence electrons. The standard InChI is InChI=1S/C13H22N4O2S/c1-11-10-14-12-13(15(2)8-9-17(11)12)4-6-16(7-5-13)20(3,18)19/h10H,4-9H2,1-3H3. The quantitative estimate of drug-likeness (QED) is 0.752. The van der Waals surface area contributed by atoms with Gasteiger partial charge in [0.05, 0.1) is 11.8 Å². The number of hydrogen-bond acceptors (Lipinski definition) is 4. The summed E-state index contributed by atoms with van der Waals surface area (Å²) < 4.78 is 27.2. The van der Waals surface area contributed by atoms with E-state index >= 15 is 0 Å². The molecule has 0 radical (unpaired) electrons. The molecule has 3 heterocycles. The van der Waals surface area contributed by atoms with E-state index in [-0.39, 0.29) is 5.54 Å². The molecule has 3 rings (SSSR count). The number of nitrogens with zero attached hydrogens (tertiary/aromatic N) is 4. The Morgan fingerprint density at radius 3 is 2.45 bits per heavy atom. The molecule has 0 atom stereocenters. The highest BCUT2D eigenvalue weighted by atomic mass is 32.2. The maximum Gasteiger partial charge on any atom is 0.211 e. The van der Waals surface area contributed by atoms with Gasteiger partial charge < -0.3 is 4.57 Å². The van der Waals surface area contributed by atoms with Crippen LogP contribution in [0.4, 0.5) is 0 Å². The molecule has 7 heteroatoms. The summed E-state index contributed by atoms with van der Waals surface area (Å²) in [6.45, 7) is 5.20. The van der Waals surface area contributed by atoms with Crippen molar-refractivity contribution in [2.45, 2.75) is 31.8 Å². The summed E-state index contributed by atoms with van der Waals surface area (Å²) in [5.74, 6) is 1.11. The Kier molecular flexibility index (Phi) is 3.19. The highest BCUT2D eigenvalue weighted by molar-refractivity contribution is 7.88. The normalized spacial score (nSPS) is 23.9. The molecule has 0 amide bonds. The Labute approximate surface area is 120 Å². The van der Waals surface area contributed by atoms with Gasteiger partial charge in [-0.05, 0) is 26.8 Å². The van der Waals surface area contributed by atoms with Crippen LogP contribution < -0.4 is 0 Å². The molecule has 1 saturated heterocycles. The van der Waals surface area contributed by atoms with Crippen molar-refractivity contribution in [3.8, 4) is 0 Å². The Bertz CT molecular complexity index is 614. The predicted molar refractivity (Wildman–Crippen MR) is 76.9 cm³/mol. The minimum Gasteiger partial charge on any atom is -0.329 e. The van der Waals surface area contributed by atoms with E-state index in [2.05, 4.69) is 28.4 Å². The van der Waals surface area contributed by atoms with Crippen LogP contribution in [-0.4, -0.2) is 60.1 Å². The third kappa shape index (κ3) is 1.99. The summed E-state index contributed by atoms with van der Waals surface area (Å²) in [7, 11) is -0.955. The fourth-order valence-corrected chi connectivity index (χ4v) is 4.39. The van der Waals surface area contributed by atoms with Crippen molar-refractivity contribution in [2.75, 3.05) is 32.9 Å². The molecule has 20 heavy (non-hydrogen) atoms. The van der Waals surface area contributed by atoms with Crippen molar-refractivity contribution in [2.24, 2.45) is 0 Å². The minimum atomic E-state index is -3.08. The Morgan fingerprint density at radius 1 is 1.20 bits per heavy atom. The molecule has 1 fully saturated rings. The van der Waals surface area contributed by atoms with Crippen molar-refractivity contribution >= 4 is 10.0 Å². The van der Waals surface area contributed by atoms with Gasteiger partial charge in [0.1, 0.15) is 5.82 Å². The van der Waals surface area contributed by atoms with Gasteiger partial charge in [-0.15, -0.1) is 0 Å². The molecule has 1 aromatic rings. The number of aryl methyl sites for hydroxylation is 1. The van der Waals surface area contributed by atoms with Crippen molar-refractivity contribution in [3.05, 3.63) is 17.7 Å². The molecule has 0 aliphatic carbocycles. The number of piperidine rings is 1. The highest BCUT2D eigenvalue weighted by Gasteiger charge is 2.46. The van der Waals surface area contributed by atoms with E-state index in [1.807, 2.05) is 6.20 Å². The van der Waals surface area contributed by atoms with E-state index in [0.29, 0.717) is 13.1 Å². The monoisotopic (exact) mass is 298 g/mol. The number of likely N-dealkylation sites (N-methyl/N-ethyl adjacent to an activating group) is 1. The first kappa shape index (κ1) is 14.0. The first-order valence-electron chi connectivity index (χ1n) is 7.03. The molecule has 1 spiro atoms. The summed E-state index contributed by atoms with van der Waals surface area (Å²) in [5.41, 5.74) is 1.09. The van der Waals surface area contributed by atoms with E-state index in [9.17, 15) is 8.42 Å². The predicted octanol–water partition coefficient (Wildman–Crippen LogP) is 0.388. The third-order valence-electron chi connectivity index (χ3n) is 4.88. The van der Waals surface area contributed by atoms with Crippen LogP contribution in [-0.2, 0) is 22.1 Å². The number of aromatic nitrogens is 2. The van der Waals surface area contributed by atoms with Crippen LogP contribution in [0.25, 0.3) is 0 Å². The van der Waals surface area contributed by atoms with E-state index in [1.165, 1.54) is 11.9 Å². The average molecular weight is 298 g/mol. The third-order valence-corrected chi connectivity index (χ3v) is 6.18. The fraction of sp³-hybridized carbons (Fsp3) is 0.769. The second-order valence-corrected chi connectivity index (χ2v) is 7.97. The average Bonchev–Trinajstić information content (AvgIpc) is 2.76. The second kappa shape index (κ2) is 4.54. The minimum absolute atomic E-state index is 0.103. The van der Waals surface area contributed by atoms with Crippen LogP contribution in [0.5, 0.6) is 0 Å². The molecule has 2 aliphatic heterocycles. The summed E-state index contributed by atoms with van der Waals surface area (Å²) >= 11 is 0. The lowest BCUT2D eigenvalue weighted by atomic mass is 9.84. The van der Waals surface area contributed by atoms with E-state index in [1.54, 1.807) is 4.31 Å². The van der Waals surface area contributed by atoms with E-state index in [0.717, 1.165) is 31.8 Å². The molecule has 2 aliphatic rings. The van der Waals surface area contributed by atoms with Crippen molar-refractivity contribution < 1.29 is 8.42 Å². The zero-order valence-electron chi connectivity index (χ0n) is 12.3. The Hall–Kier alpha value is -0.920. The van der Waals surface area contributed by atoms with Crippen LogP contribution in [0.1, 0.15) is 24.4 Å². The number of sulfonamides is 1. The number of fused-ring (bicyclic) bond motifs is 2. The lowest BCUT2D eigenvalue weighted by Crippen LogP contribution is -2.56. The molecule has 1 aromatic heterocycles. The van der Waals surface area contributed by atoms with Crippen LogP contribution >= 0.6 is 0 Å². The van der Waals surface area contributed by atoms with Gasteiger partial charge in [-0.25, -0.2) is 17.7 Å². The van der Waals surface area contributed by atoms with Gasteiger partial charge in [0.15, 0.2) is 0 Å². The largest absolute Gasteiger partial charge is 0.329 e. The van der Waals surface area contributed by atoms with Gasteiger partial charge in [0, 0.05) is 38.1 Å². The molecule has 0 unspecified atom stereocenters. The molecule has 0 N–H and O–H groups in total. The van der Waals surface area contributed by atoms with E-state index in [4.69, 9.17) is 0 Å². The first-order valence-corrected chi connectivity index (χ1v) is 8.88. The lowest BCUT2D eigenvalue weighted by molar-refractivity contribution is 0.0268. The summed E-state index contributed by atoms with van der Waals surface area (Å²) in [6, 6.07) is 0. The maximum absolute atomic E-state index is 11.7. The highest BCUT2D eigenvalue weighted by Crippen LogP contribution is 2.40. The SMILES string of the molecule is Cc1cnc2n1CCN(C)C21CCN(S(C)(=O)=O)CC1. The van der Waals surface area contributed by atoms with Crippen molar-refractivity contribution in [1.29, 1.82) is 0 Å². The van der Waals surface area contributed by atoms with Crippen LogP contribution in [0, 0.1) is 6.92 Å². The van der Waals surface area contributed by atoms with Crippen molar-refractivity contribution in [1.82, 2.24) is 18.8 Å². The molecular formula is C13H22N4O2S. The molecule has 6 nitrogen and oxygen atoms in total. The van der Waals surface area contributed by atoms with Crippen LogP contribution in [0.15, 0.2) is 6.20 Å². The second-order valence-electron chi connectivity index (χ2n) is 5.99. The Morgan fingerprint density at radius 2 is 1.85 bits per heavy atom. The van der Waals surface area contributed by atoms with Crippen LogP contribution in [0.3, 0.4) is 0 Å². The molecule has 0 aromatic carbocycles. The topological polar surface area (TPSA) is 58.4 Å². The maximum atomic E-state index is 11.7. The number of imidazole rings is 1. The van der Waals surface area contributed by atoms with Gasteiger partial charge in [-0.3, -0.25) is 4.90 Å². The van der Waals surface area contributed by atoms with Crippen LogP contribution in [0.2, 0.25) is 0 Å². The molecular weight excluding hydrogens is 276 g/mol. The number of rotatable bonds is 1. The zero-order valence-corrected chi connectivity index (χ0v) is 13.2. The van der Waals surface area contributed by atoms with Crippen molar-refractivity contribution in [3.63, 3.8) is 0 Å². The molecule has 0 saturated carbocycles. The summed E-state index contributed by atoms with van der Waals surface area (Å²) in [6.07, 6.45) is 4.85. The smallest absolute Gasteiger partial charge is 0.211 e. The summed E-state index contributed by atoms with van der Waals surface area (Å²) in [5, 5.41) is 0. The lowest BCUT2D eigenvalue weighted by Gasteiger charge is -2.49. The Balaban J connectivity index is 1.94. The van der Waals surface area contributed by atoms with Gasteiger partial charge in [-0.1, -0.05) is 0 Å². The van der Waals surface area contributed by atoms with Gasteiger partial charge in [0.2, 0.25) is 10.0 Å². The summed E-state index contributed by atoms with van der Waals surface area (Å²) in [4.78, 5) is 6.98. The molecule has 0 bridgehead atoms. The van der Waals surface area contributed by atoms with Gasteiger partial charge >= 0.3 is 0 Å². The number of hydrogen-bond donors (Lipinski definition) is 0. The first-order chi connectivity index (χ1) is 9.34. The van der Waals surface area contributed by atoms with Gasteiger partial charge in [-0.2, -0.15) is 0 Å². The fourth-order valence-electron chi connectivity index (χ4n) is 3.54. The van der Waals surface area contributed by atoms with E-state index < -0.39 is 10.0 Å². The zero-order chi connectivity index (χ0) is 14.5. The van der Waals surface area contributed by atoms with Gasteiger partial charge in [0.25, 0.3) is 0 Å².